The van der Waals surface area contributed by atoms with Crippen molar-refractivity contribution in [3.05, 3.63) is 46.8 Å². The van der Waals surface area contributed by atoms with Crippen molar-refractivity contribution in [2.45, 2.75) is 25.9 Å². The van der Waals surface area contributed by atoms with Crippen molar-refractivity contribution in [2.24, 2.45) is 0 Å². The van der Waals surface area contributed by atoms with Gasteiger partial charge in [-0.25, -0.2) is 9.78 Å². The van der Waals surface area contributed by atoms with Crippen LogP contribution in [0.1, 0.15) is 28.7 Å². The fourth-order valence-electron chi connectivity index (χ4n) is 3.06. The lowest BCUT2D eigenvalue weighted by atomic mass is 10.1. The van der Waals surface area contributed by atoms with Crippen LogP contribution in [-0.2, 0) is 9.53 Å². The van der Waals surface area contributed by atoms with Crippen LogP contribution in [0.25, 0.3) is 17.1 Å². The molecule has 0 aliphatic rings. The van der Waals surface area contributed by atoms with E-state index in [9.17, 15) is 9.59 Å². The average Bonchev–Trinajstić information content (AvgIpc) is 3.46. The normalized spacial score (nSPS) is 11.1. The van der Waals surface area contributed by atoms with E-state index in [4.69, 9.17) is 9.15 Å². The standard InChI is InChI=1S/C20H19N5O4S2/c1-4-28-18(27)16-13(14-6-5-7-29-14)9-30-17(16)22-15(26)10-31-20-24-23-19-21-11(2)8-12(3)25(19)20/h5-9H,4,10H2,1-3H3,(H,22,26). The van der Waals surface area contributed by atoms with Gasteiger partial charge in [-0.2, -0.15) is 0 Å². The van der Waals surface area contributed by atoms with Gasteiger partial charge in [-0.15, -0.1) is 21.5 Å². The monoisotopic (exact) mass is 457 g/mol. The molecule has 0 fully saturated rings. The number of aryl methyl sites for hydroxylation is 2. The minimum absolute atomic E-state index is 0.0877. The van der Waals surface area contributed by atoms with Crippen LogP contribution in [0.2, 0.25) is 0 Å². The summed E-state index contributed by atoms with van der Waals surface area (Å²) in [4.78, 5) is 29.5. The molecule has 9 nitrogen and oxygen atoms in total. The van der Waals surface area contributed by atoms with Gasteiger partial charge in [-0.3, -0.25) is 9.20 Å². The van der Waals surface area contributed by atoms with E-state index in [0.29, 0.717) is 27.3 Å². The number of thiophene rings is 1. The Bertz CT molecular complexity index is 1250. The molecule has 160 valence electrons. The van der Waals surface area contributed by atoms with Gasteiger partial charge in [0.1, 0.15) is 16.3 Å². The number of ether oxygens (including phenoxy) is 1. The summed E-state index contributed by atoms with van der Waals surface area (Å²) in [6.45, 7) is 5.78. The van der Waals surface area contributed by atoms with Gasteiger partial charge >= 0.3 is 5.97 Å². The van der Waals surface area contributed by atoms with Gasteiger partial charge in [-0.1, -0.05) is 11.8 Å². The largest absolute Gasteiger partial charge is 0.464 e. The molecule has 4 heterocycles. The molecule has 0 radical (unpaired) electrons. The van der Waals surface area contributed by atoms with Gasteiger partial charge in [-0.05, 0) is 39.0 Å². The Morgan fingerprint density at radius 3 is 2.90 bits per heavy atom. The summed E-state index contributed by atoms with van der Waals surface area (Å²) >= 11 is 2.48. The van der Waals surface area contributed by atoms with E-state index in [2.05, 4.69) is 20.5 Å². The lowest BCUT2D eigenvalue weighted by Crippen LogP contribution is -2.16. The van der Waals surface area contributed by atoms with Crippen molar-refractivity contribution in [3.63, 3.8) is 0 Å². The summed E-state index contributed by atoms with van der Waals surface area (Å²) in [5.41, 5.74) is 2.64. The van der Waals surface area contributed by atoms with Gasteiger partial charge in [0.15, 0.2) is 5.16 Å². The summed E-state index contributed by atoms with van der Waals surface area (Å²) in [6, 6.07) is 5.41. The van der Waals surface area contributed by atoms with Gasteiger partial charge in [0.2, 0.25) is 5.91 Å². The van der Waals surface area contributed by atoms with E-state index < -0.39 is 5.97 Å². The van der Waals surface area contributed by atoms with Crippen LogP contribution < -0.4 is 5.32 Å². The third-order valence-corrected chi connectivity index (χ3v) is 6.13. The summed E-state index contributed by atoms with van der Waals surface area (Å²) in [7, 11) is 0. The second-order valence-electron chi connectivity index (χ2n) is 6.55. The van der Waals surface area contributed by atoms with E-state index in [1.165, 1.54) is 29.4 Å². The van der Waals surface area contributed by atoms with E-state index in [1.807, 2.05) is 19.9 Å². The highest BCUT2D eigenvalue weighted by Crippen LogP contribution is 2.36. The third kappa shape index (κ3) is 4.32. The first-order valence-corrected chi connectivity index (χ1v) is 11.3. The second-order valence-corrected chi connectivity index (χ2v) is 8.37. The Kier molecular flexibility index (Phi) is 6.05. The van der Waals surface area contributed by atoms with Crippen molar-refractivity contribution in [2.75, 3.05) is 17.7 Å². The van der Waals surface area contributed by atoms with Crippen molar-refractivity contribution in [1.82, 2.24) is 19.6 Å². The topological polar surface area (TPSA) is 112 Å². The van der Waals surface area contributed by atoms with Crippen molar-refractivity contribution < 1.29 is 18.7 Å². The Hall–Kier alpha value is -3.18. The lowest BCUT2D eigenvalue weighted by molar-refractivity contribution is -0.113. The Morgan fingerprint density at radius 1 is 1.32 bits per heavy atom. The number of nitrogens with one attached hydrogen (secondary N) is 1. The molecular weight excluding hydrogens is 438 g/mol. The number of esters is 1. The minimum atomic E-state index is -0.515. The van der Waals surface area contributed by atoms with Crippen molar-refractivity contribution in [1.29, 1.82) is 0 Å². The van der Waals surface area contributed by atoms with Crippen LogP contribution in [0.5, 0.6) is 0 Å². The molecule has 0 spiro atoms. The molecule has 0 aliphatic heterocycles. The number of hydrogen-bond acceptors (Lipinski definition) is 9. The summed E-state index contributed by atoms with van der Waals surface area (Å²) in [6.07, 6.45) is 1.53. The molecule has 31 heavy (non-hydrogen) atoms. The van der Waals surface area contributed by atoms with E-state index >= 15 is 0 Å². The predicted molar refractivity (Wildman–Crippen MR) is 118 cm³/mol. The number of amides is 1. The molecule has 0 saturated heterocycles. The molecule has 0 aliphatic carbocycles. The number of fused-ring (bicyclic) bond motifs is 1. The molecule has 4 aromatic heterocycles. The number of aromatic nitrogens is 4. The van der Waals surface area contributed by atoms with Gasteiger partial charge in [0.05, 0.1) is 18.6 Å². The smallest absolute Gasteiger partial charge is 0.341 e. The molecule has 0 atom stereocenters. The van der Waals surface area contributed by atoms with Crippen LogP contribution in [0, 0.1) is 13.8 Å². The molecule has 0 saturated carbocycles. The number of hydrogen-bond donors (Lipinski definition) is 1. The molecular formula is C20H19N5O4S2. The lowest BCUT2D eigenvalue weighted by Gasteiger charge is -2.08. The summed E-state index contributed by atoms with van der Waals surface area (Å²) in [5.74, 6) is 0.315. The zero-order chi connectivity index (χ0) is 22.0. The average molecular weight is 458 g/mol. The molecule has 4 rings (SSSR count). The number of anilines is 1. The van der Waals surface area contributed by atoms with Crippen molar-refractivity contribution >= 4 is 45.8 Å². The zero-order valence-electron chi connectivity index (χ0n) is 17.0. The molecule has 0 aromatic carbocycles. The first kappa shape index (κ1) is 21.1. The molecule has 1 amide bonds. The van der Waals surface area contributed by atoms with E-state index in [1.54, 1.807) is 28.8 Å². The Balaban J connectivity index is 1.52. The predicted octanol–water partition coefficient (Wildman–Crippen LogP) is 3.97. The molecule has 4 aromatic rings. The second kappa shape index (κ2) is 8.90. The number of furan rings is 1. The third-order valence-electron chi connectivity index (χ3n) is 4.31. The quantitative estimate of drug-likeness (QED) is 0.328. The highest BCUT2D eigenvalue weighted by atomic mass is 32.2. The molecule has 11 heteroatoms. The first-order valence-electron chi connectivity index (χ1n) is 9.42. The summed E-state index contributed by atoms with van der Waals surface area (Å²) in [5, 5.41) is 13.8. The van der Waals surface area contributed by atoms with Crippen molar-refractivity contribution in [3.8, 4) is 11.3 Å². The van der Waals surface area contributed by atoms with E-state index in [-0.39, 0.29) is 23.8 Å². The highest BCUT2D eigenvalue weighted by Gasteiger charge is 2.24. The van der Waals surface area contributed by atoms with Crippen LogP contribution in [0.3, 0.4) is 0 Å². The van der Waals surface area contributed by atoms with Gasteiger partial charge in [0, 0.05) is 22.3 Å². The molecule has 1 N–H and O–H groups in total. The number of carbonyl (C=O) groups excluding carboxylic acids is 2. The fourth-order valence-corrected chi connectivity index (χ4v) is 4.79. The number of carbonyl (C=O) groups is 2. The molecule has 0 unspecified atom stereocenters. The van der Waals surface area contributed by atoms with E-state index in [0.717, 1.165) is 11.4 Å². The summed E-state index contributed by atoms with van der Waals surface area (Å²) < 4.78 is 12.4. The zero-order valence-corrected chi connectivity index (χ0v) is 18.7. The fraction of sp³-hybridized carbons (Fsp3) is 0.250. The maximum absolute atomic E-state index is 12.6. The van der Waals surface area contributed by atoms with Crippen LogP contribution in [-0.4, -0.2) is 43.8 Å². The van der Waals surface area contributed by atoms with Gasteiger partial charge in [0.25, 0.3) is 5.78 Å². The number of nitrogens with zero attached hydrogens (tertiary/aromatic N) is 4. The first-order chi connectivity index (χ1) is 15.0. The Labute approximate surface area is 185 Å². The van der Waals surface area contributed by atoms with Gasteiger partial charge < -0.3 is 14.5 Å². The Morgan fingerprint density at radius 2 is 2.16 bits per heavy atom. The van der Waals surface area contributed by atoms with Crippen LogP contribution in [0.4, 0.5) is 5.00 Å². The minimum Gasteiger partial charge on any atom is -0.464 e. The van der Waals surface area contributed by atoms with Crippen LogP contribution in [0.15, 0.2) is 39.4 Å². The highest BCUT2D eigenvalue weighted by molar-refractivity contribution is 7.99. The number of rotatable bonds is 7. The maximum atomic E-state index is 12.6. The van der Waals surface area contributed by atoms with Crippen LogP contribution >= 0.6 is 23.1 Å². The SMILES string of the molecule is CCOC(=O)c1c(-c2ccco2)csc1NC(=O)CSc1nnc2nc(C)cc(C)n12. The molecule has 0 bridgehead atoms. The number of thioether (sulfide) groups is 1. The maximum Gasteiger partial charge on any atom is 0.341 e.